The van der Waals surface area contributed by atoms with Gasteiger partial charge in [-0.05, 0) is 71.6 Å². The second-order valence-electron chi connectivity index (χ2n) is 9.31. The van der Waals surface area contributed by atoms with Crippen molar-refractivity contribution < 1.29 is 12.7 Å². The Hall–Kier alpha value is 0.531. The van der Waals surface area contributed by atoms with Crippen LogP contribution in [0.4, 0.5) is 0 Å². The quantitative estimate of drug-likeness (QED) is 0.291. The van der Waals surface area contributed by atoms with Crippen molar-refractivity contribution in [1.29, 1.82) is 0 Å². The minimum atomic E-state index is -2.02. The van der Waals surface area contributed by atoms with Crippen molar-refractivity contribution >= 4 is 25.2 Å². The fraction of sp³-hybridized carbons (Fsp3) is 1.00. The average Bonchev–Trinajstić information content (AvgIpc) is 2.42. The predicted octanol–water partition coefficient (Wildman–Crippen LogP) is 5.81. The molecule has 0 unspecified atom stereocenters. The first-order valence-electron chi connectivity index (χ1n) is 10.0. The van der Waals surface area contributed by atoms with Gasteiger partial charge in [-0.2, -0.15) is 0 Å². The van der Waals surface area contributed by atoms with Crippen molar-refractivity contribution in [3.63, 3.8) is 0 Å². The topological polar surface area (TPSA) is 18.5 Å². The molecule has 0 radical (unpaired) electrons. The highest BCUT2D eigenvalue weighted by molar-refractivity contribution is 6.87. The van der Waals surface area contributed by atoms with E-state index in [2.05, 4.69) is 67.1 Å². The molecule has 0 spiro atoms. The van der Waals surface area contributed by atoms with E-state index in [0.29, 0.717) is 0 Å². The SMILES string of the molecule is CCCC[Si](C)(C)O[Si](C)(C)O[Si](C)(C)CCC[N+](C)(CC)CC. The van der Waals surface area contributed by atoms with E-state index in [1.165, 1.54) is 55.5 Å². The van der Waals surface area contributed by atoms with Gasteiger partial charge >= 0.3 is 8.56 Å². The van der Waals surface area contributed by atoms with E-state index in [1.807, 2.05) is 0 Å². The molecule has 0 aromatic carbocycles. The monoisotopic (exact) mass is 392 g/mol. The first kappa shape index (κ1) is 24.5. The van der Waals surface area contributed by atoms with Gasteiger partial charge < -0.3 is 12.7 Å². The van der Waals surface area contributed by atoms with Gasteiger partial charge in [-0.1, -0.05) is 19.8 Å². The van der Waals surface area contributed by atoms with Gasteiger partial charge in [0.15, 0.2) is 16.6 Å². The van der Waals surface area contributed by atoms with Gasteiger partial charge in [0, 0.05) is 0 Å². The van der Waals surface area contributed by atoms with Crippen LogP contribution in [-0.2, 0) is 8.23 Å². The molecule has 0 aliphatic heterocycles. The van der Waals surface area contributed by atoms with Crippen LogP contribution >= 0.6 is 0 Å². The van der Waals surface area contributed by atoms with Crippen molar-refractivity contribution in [3.05, 3.63) is 0 Å². The molecule has 0 atom stereocenters. The number of hydrogen-bond donors (Lipinski definition) is 0. The summed E-state index contributed by atoms with van der Waals surface area (Å²) >= 11 is 0. The third-order valence-electron chi connectivity index (χ3n) is 5.18. The first-order chi connectivity index (χ1) is 10.8. The van der Waals surface area contributed by atoms with E-state index in [0.717, 1.165) is 0 Å². The summed E-state index contributed by atoms with van der Waals surface area (Å²) in [5.74, 6) is 0. The highest BCUT2D eigenvalue weighted by atomic mass is 28.5. The third kappa shape index (κ3) is 10.5. The molecule has 0 saturated heterocycles. The minimum Gasteiger partial charge on any atom is -0.437 e. The molecular formula is C18H46NO2Si3+. The fourth-order valence-corrected chi connectivity index (χ4v) is 17.7. The molecule has 0 aromatic rings. The van der Waals surface area contributed by atoms with Gasteiger partial charge in [-0.3, -0.25) is 0 Å². The third-order valence-corrected chi connectivity index (χ3v) is 16.6. The van der Waals surface area contributed by atoms with Gasteiger partial charge in [0.25, 0.3) is 0 Å². The Morgan fingerprint density at radius 2 is 1.12 bits per heavy atom. The van der Waals surface area contributed by atoms with E-state index in [-0.39, 0.29) is 0 Å². The predicted molar refractivity (Wildman–Crippen MR) is 116 cm³/mol. The summed E-state index contributed by atoms with van der Waals surface area (Å²) in [6, 6.07) is 2.51. The summed E-state index contributed by atoms with van der Waals surface area (Å²) in [6.07, 6.45) is 3.82. The largest absolute Gasteiger partial charge is 0.437 e. The van der Waals surface area contributed by atoms with Gasteiger partial charge in [0.2, 0.25) is 0 Å². The van der Waals surface area contributed by atoms with Crippen LogP contribution in [-0.4, -0.2) is 56.4 Å². The highest BCUT2D eigenvalue weighted by Gasteiger charge is 2.39. The zero-order chi connectivity index (χ0) is 19.1. The fourth-order valence-electron chi connectivity index (χ4n) is 3.48. The molecule has 3 nitrogen and oxygen atoms in total. The van der Waals surface area contributed by atoms with E-state index in [1.54, 1.807) is 0 Å². The second kappa shape index (κ2) is 10.0. The van der Waals surface area contributed by atoms with Crippen LogP contribution in [0.5, 0.6) is 0 Å². The number of unbranched alkanes of at least 4 members (excludes halogenated alkanes) is 1. The molecule has 0 heterocycles. The van der Waals surface area contributed by atoms with Crippen LogP contribution in [0.3, 0.4) is 0 Å². The van der Waals surface area contributed by atoms with E-state index >= 15 is 0 Å². The van der Waals surface area contributed by atoms with Gasteiger partial charge in [0.1, 0.15) is 0 Å². The minimum absolute atomic E-state index is 1.18. The Balaban J connectivity index is 4.55. The molecule has 0 N–H and O–H groups in total. The maximum absolute atomic E-state index is 6.71. The number of hydrogen-bond acceptors (Lipinski definition) is 2. The Bertz CT molecular complexity index is 356. The lowest BCUT2D eigenvalue weighted by molar-refractivity contribution is -0.906. The standard InChI is InChI=1S/C18H46NO2Si3/c1-11-14-17-22(5,6)20-24(9,10)21-23(7,8)18-15-16-19(4,12-2)13-3/h11-18H2,1-10H3/q+1. The Morgan fingerprint density at radius 1 is 0.708 bits per heavy atom. The molecule has 0 fully saturated rings. The summed E-state index contributed by atoms with van der Waals surface area (Å²) in [7, 11) is -2.87. The zero-order valence-electron chi connectivity index (χ0n) is 18.4. The Morgan fingerprint density at radius 3 is 1.50 bits per heavy atom. The smallest absolute Gasteiger partial charge is 0.311 e. The summed E-state index contributed by atoms with van der Waals surface area (Å²) in [5.41, 5.74) is 0. The van der Waals surface area contributed by atoms with Crippen LogP contribution in [0.1, 0.15) is 40.0 Å². The number of nitrogens with zero attached hydrogens (tertiary/aromatic N) is 1. The first-order valence-corrected chi connectivity index (χ1v) is 19.1. The highest BCUT2D eigenvalue weighted by Crippen LogP contribution is 2.26. The molecular weight excluding hydrogens is 346 g/mol. The van der Waals surface area contributed by atoms with E-state index < -0.39 is 25.2 Å². The Kier molecular flexibility index (Phi) is 10.2. The van der Waals surface area contributed by atoms with Crippen molar-refractivity contribution in [2.45, 2.75) is 91.4 Å². The van der Waals surface area contributed by atoms with Crippen molar-refractivity contribution in [2.75, 3.05) is 26.7 Å². The van der Waals surface area contributed by atoms with Gasteiger partial charge in [0.05, 0.1) is 26.7 Å². The summed E-state index contributed by atoms with van der Waals surface area (Å²) in [5, 5.41) is 0. The van der Waals surface area contributed by atoms with Crippen LogP contribution in [0.15, 0.2) is 0 Å². The number of rotatable bonds is 13. The Labute approximate surface area is 156 Å². The van der Waals surface area contributed by atoms with Gasteiger partial charge in [-0.15, -0.1) is 0 Å². The maximum atomic E-state index is 6.71. The maximum Gasteiger partial charge on any atom is 0.311 e. The van der Waals surface area contributed by atoms with Crippen molar-refractivity contribution in [1.82, 2.24) is 0 Å². The van der Waals surface area contributed by atoms with Crippen molar-refractivity contribution in [3.8, 4) is 0 Å². The molecule has 0 aliphatic rings. The lowest BCUT2D eigenvalue weighted by Gasteiger charge is -2.39. The molecule has 0 rings (SSSR count). The van der Waals surface area contributed by atoms with Crippen molar-refractivity contribution in [2.24, 2.45) is 0 Å². The molecule has 0 amide bonds. The summed E-state index contributed by atoms with van der Waals surface area (Å²) in [4.78, 5) is 0. The van der Waals surface area contributed by atoms with Crippen LogP contribution in [0.25, 0.3) is 0 Å². The van der Waals surface area contributed by atoms with Crippen LogP contribution in [0, 0.1) is 0 Å². The molecule has 146 valence electrons. The molecule has 6 heteroatoms. The van der Waals surface area contributed by atoms with Crippen LogP contribution in [0.2, 0.25) is 51.4 Å². The van der Waals surface area contributed by atoms with E-state index in [9.17, 15) is 0 Å². The molecule has 0 aromatic heterocycles. The lowest BCUT2D eigenvalue weighted by Crippen LogP contribution is -2.52. The normalized spacial score (nSPS) is 14.2. The van der Waals surface area contributed by atoms with Gasteiger partial charge in [-0.25, -0.2) is 0 Å². The molecule has 24 heavy (non-hydrogen) atoms. The average molecular weight is 393 g/mol. The summed E-state index contributed by atoms with van der Waals surface area (Å²) < 4.78 is 14.5. The molecule has 0 aliphatic carbocycles. The number of quaternary nitrogens is 1. The molecule has 0 saturated carbocycles. The zero-order valence-corrected chi connectivity index (χ0v) is 21.4. The second-order valence-corrected chi connectivity index (χ2v) is 21.8. The van der Waals surface area contributed by atoms with E-state index in [4.69, 9.17) is 8.23 Å². The lowest BCUT2D eigenvalue weighted by atomic mass is 10.3. The summed E-state index contributed by atoms with van der Waals surface area (Å²) in [6.45, 7) is 24.6. The molecule has 0 bridgehead atoms. The van der Waals surface area contributed by atoms with Crippen LogP contribution < -0.4 is 0 Å².